The third-order valence-electron chi connectivity index (χ3n) is 2.75. The van der Waals surface area contributed by atoms with Crippen LogP contribution in [0.4, 0.5) is 0 Å². The van der Waals surface area contributed by atoms with Gasteiger partial charge in [0.1, 0.15) is 0 Å². The molecular formula is C14H15NO2S. The average molecular weight is 261 g/mol. The largest absolute Gasteiger partial charge is 0.481 e. The summed E-state index contributed by atoms with van der Waals surface area (Å²) in [5, 5.41) is 9.83. The molecule has 94 valence electrons. The number of thioether (sulfide) groups is 1. The molecule has 2 aromatic rings. The standard InChI is InChI=1S/C14H15NO2S/c1-3-10-5-4-6-11-12(18-8-13(16)17)7-9(2)15-14(10)11/h4-7H,3,8H2,1-2H3,(H,16,17). The first-order chi connectivity index (χ1) is 8.61. The van der Waals surface area contributed by atoms with E-state index in [-0.39, 0.29) is 5.75 Å². The molecule has 0 radical (unpaired) electrons. The van der Waals surface area contributed by atoms with Gasteiger partial charge in [-0.3, -0.25) is 9.78 Å². The number of pyridine rings is 1. The highest BCUT2D eigenvalue weighted by Gasteiger charge is 2.09. The Hall–Kier alpha value is -1.55. The van der Waals surface area contributed by atoms with Gasteiger partial charge < -0.3 is 5.11 Å². The minimum atomic E-state index is -0.797. The maximum Gasteiger partial charge on any atom is 0.313 e. The molecule has 3 nitrogen and oxygen atoms in total. The summed E-state index contributed by atoms with van der Waals surface area (Å²) in [5.41, 5.74) is 3.12. The van der Waals surface area contributed by atoms with Crippen molar-refractivity contribution in [2.75, 3.05) is 5.75 Å². The second-order valence-corrected chi connectivity index (χ2v) is 5.13. The van der Waals surface area contributed by atoms with Crippen LogP contribution < -0.4 is 0 Å². The number of aromatic nitrogens is 1. The fraction of sp³-hybridized carbons (Fsp3) is 0.286. The minimum absolute atomic E-state index is 0.0783. The van der Waals surface area contributed by atoms with Crippen LogP contribution in [0.2, 0.25) is 0 Å². The fourth-order valence-electron chi connectivity index (χ4n) is 1.94. The number of aryl methyl sites for hydroxylation is 2. The Labute approximate surface area is 110 Å². The Morgan fingerprint density at radius 2 is 2.22 bits per heavy atom. The van der Waals surface area contributed by atoms with Gasteiger partial charge in [-0.15, -0.1) is 11.8 Å². The fourth-order valence-corrected chi connectivity index (χ4v) is 2.80. The van der Waals surface area contributed by atoms with Gasteiger partial charge in [0.05, 0.1) is 11.3 Å². The zero-order valence-corrected chi connectivity index (χ0v) is 11.3. The number of benzene rings is 1. The zero-order chi connectivity index (χ0) is 13.1. The van der Waals surface area contributed by atoms with Gasteiger partial charge in [0, 0.05) is 16.0 Å². The van der Waals surface area contributed by atoms with Gasteiger partial charge in [-0.05, 0) is 25.0 Å². The molecule has 4 heteroatoms. The minimum Gasteiger partial charge on any atom is -0.481 e. The Morgan fingerprint density at radius 1 is 1.44 bits per heavy atom. The van der Waals surface area contributed by atoms with Gasteiger partial charge in [0.25, 0.3) is 0 Å². The smallest absolute Gasteiger partial charge is 0.313 e. The van der Waals surface area contributed by atoms with Crippen molar-refractivity contribution in [3.8, 4) is 0 Å². The number of hydrogen-bond acceptors (Lipinski definition) is 3. The monoisotopic (exact) mass is 261 g/mol. The van der Waals surface area contributed by atoms with E-state index in [1.165, 1.54) is 17.3 Å². The van der Waals surface area contributed by atoms with Crippen LogP contribution in [0.25, 0.3) is 10.9 Å². The maximum atomic E-state index is 10.7. The van der Waals surface area contributed by atoms with Crippen LogP contribution in [-0.2, 0) is 11.2 Å². The SMILES string of the molecule is CCc1cccc2c(SCC(=O)O)cc(C)nc12. The molecule has 1 N–H and O–H groups in total. The number of carbonyl (C=O) groups is 1. The molecule has 0 saturated carbocycles. The van der Waals surface area contributed by atoms with Gasteiger partial charge >= 0.3 is 5.97 Å². The Morgan fingerprint density at radius 3 is 2.89 bits per heavy atom. The van der Waals surface area contributed by atoms with Crippen molar-refractivity contribution >= 4 is 28.6 Å². The summed E-state index contributed by atoms with van der Waals surface area (Å²) in [4.78, 5) is 16.2. The van der Waals surface area contributed by atoms with Crippen LogP contribution in [-0.4, -0.2) is 21.8 Å². The number of carboxylic acid groups (broad SMARTS) is 1. The second kappa shape index (κ2) is 5.40. The van der Waals surface area contributed by atoms with E-state index in [1.807, 2.05) is 25.1 Å². The molecule has 0 saturated heterocycles. The third-order valence-corrected chi connectivity index (χ3v) is 3.79. The lowest BCUT2D eigenvalue weighted by Crippen LogP contribution is -1.98. The number of rotatable bonds is 4. The summed E-state index contributed by atoms with van der Waals surface area (Å²) in [6, 6.07) is 8.03. The van der Waals surface area contributed by atoms with Gasteiger partial charge in [-0.1, -0.05) is 25.1 Å². The topological polar surface area (TPSA) is 50.2 Å². The number of carboxylic acids is 1. The highest BCUT2D eigenvalue weighted by Crippen LogP contribution is 2.29. The van der Waals surface area contributed by atoms with E-state index in [0.717, 1.165) is 27.9 Å². The van der Waals surface area contributed by atoms with Gasteiger partial charge in [0.2, 0.25) is 0 Å². The lowest BCUT2D eigenvalue weighted by atomic mass is 10.1. The summed E-state index contributed by atoms with van der Waals surface area (Å²) in [6.45, 7) is 4.04. The van der Waals surface area contributed by atoms with Gasteiger partial charge in [0.15, 0.2) is 0 Å². The van der Waals surface area contributed by atoms with Crippen molar-refractivity contribution < 1.29 is 9.90 Å². The van der Waals surface area contributed by atoms with Gasteiger partial charge in [-0.25, -0.2) is 0 Å². The van der Waals surface area contributed by atoms with E-state index in [0.29, 0.717) is 0 Å². The molecule has 0 unspecified atom stereocenters. The predicted molar refractivity (Wildman–Crippen MR) is 74.2 cm³/mol. The summed E-state index contributed by atoms with van der Waals surface area (Å²) < 4.78 is 0. The van der Waals surface area contributed by atoms with E-state index < -0.39 is 5.97 Å². The van der Waals surface area contributed by atoms with E-state index >= 15 is 0 Å². The van der Waals surface area contributed by atoms with Crippen LogP contribution in [0.15, 0.2) is 29.2 Å². The number of fused-ring (bicyclic) bond motifs is 1. The molecule has 1 heterocycles. The molecule has 0 aliphatic carbocycles. The molecular weight excluding hydrogens is 246 g/mol. The number of nitrogens with zero attached hydrogens (tertiary/aromatic N) is 1. The van der Waals surface area contributed by atoms with Crippen LogP contribution in [0.5, 0.6) is 0 Å². The molecule has 18 heavy (non-hydrogen) atoms. The zero-order valence-electron chi connectivity index (χ0n) is 10.4. The number of aliphatic carboxylic acids is 1. The molecule has 1 aromatic heterocycles. The Kier molecular flexibility index (Phi) is 3.87. The van der Waals surface area contributed by atoms with Crippen LogP contribution >= 0.6 is 11.8 Å². The predicted octanol–water partition coefficient (Wildman–Crippen LogP) is 3.28. The molecule has 0 fully saturated rings. The average Bonchev–Trinajstić information content (AvgIpc) is 2.35. The van der Waals surface area contributed by atoms with E-state index in [2.05, 4.69) is 18.0 Å². The second-order valence-electron chi connectivity index (χ2n) is 4.11. The molecule has 0 amide bonds. The molecule has 0 bridgehead atoms. The third kappa shape index (κ3) is 2.64. The summed E-state index contributed by atoms with van der Waals surface area (Å²) >= 11 is 1.35. The maximum absolute atomic E-state index is 10.7. The van der Waals surface area contributed by atoms with Crippen molar-refractivity contribution in [1.82, 2.24) is 4.98 Å². The molecule has 0 aliphatic heterocycles. The van der Waals surface area contributed by atoms with Crippen molar-refractivity contribution in [2.24, 2.45) is 0 Å². The lowest BCUT2D eigenvalue weighted by Gasteiger charge is -2.09. The quantitative estimate of drug-likeness (QED) is 0.858. The summed E-state index contributed by atoms with van der Waals surface area (Å²) in [7, 11) is 0. The lowest BCUT2D eigenvalue weighted by molar-refractivity contribution is -0.133. The van der Waals surface area contributed by atoms with E-state index in [1.54, 1.807) is 0 Å². The normalized spacial score (nSPS) is 10.8. The summed E-state index contributed by atoms with van der Waals surface area (Å²) in [5.74, 6) is -0.719. The highest BCUT2D eigenvalue weighted by atomic mass is 32.2. The van der Waals surface area contributed by atoms with Crippen molar-refractivity contribution in [3.63, 3.8) is 0 Å². The first kappa shape index (κ1) is 12.9. The first-order valence-corrected chi connectivity index (χ1v) is 6.84. The Bertz CT molecular complexity index is 596. The molecule has 0 atom stereocenters. The van der Waals surface area contributed by atoms with Crippen LogP contribution in [0, 0.1) is 6.92 Å². The van der Waals surface area contributed by atoms with Crippen molar-refractivity contribution in [3.05, 3.63) is 35.5 Å². The van der Waals surface area contributed by atoms with E-state index in [4.69, 9.17) is 5.11 Å². The molecule has 0 spiro atoms. The number of para-hydroxylation sites is 1. The number of hydrogen-bond donors (Lipinski definition) is 1. The molecule has 2 rings (SSSR count). The Balaban J connectivity index is 2.55. The molecule has 1 aromatic carbocycles. The first-order valence-electron chi connectivity index (χ1n) is 5.85. The van der Waals surface area contributed by atoms with Crippen LogP contribution in [0.3, 0.4) is 0 Å². The van der Waals surface area contributed by atoms with Crippen molar-refractivity contribution in [2.45, 2.75) is 25.2 Å². The van der Waals surface area contributed by atoms with Crippen LogP contribution in [0.1, 0.15) is 18.2 Å². The summed E-state index contributed by atoms with van der Waals surface area (Å²) in [6.07, 6.45) is 0.927. The molecule has 0 aliphatic rings. The van der Waals surface area contributed by atoms with Gasteiger partial charge in [-0.2, -0.15) is 0 Å². The van der Waals surface area contributed by atoms with E-state index in [9.17, 15) is 4.79 Å². The highest BCUT2D eigenvalue weighted by molar-refractivity contribution is 8.00. The van der Waals surface area contributed by atoms with Crippen molar-refractivity contribution in [1.29, 1.82) is 0 Å².